The molecule has 3 rings (SSSR count). The van der Waals surface area contributed by atoms with Gasteiger partial charge in [-0.15, -0.1) is 11.3 Å². The van der Waals surface area contributed by atoms with Crippen LogP contribution in [0.1, 0.15) is 18.3 Å². The first-order valence-electron chi connectivity index (χ1n) is 7.41. The molecule has 3 nitrogen and oxygen atoms in total. The quantitative estimate of drug-likeness (QED) is 0.683. The van der Waals surface area contributed by atoms with Crippen molar-refractivity contribution < 1.29 is 4.74 Å². The first-order valence-corrected chi connectivity index (χ1v) is 8.29. The zero-order valence-electron chi connectivity index (χ0n) is 13.4. The molecule has 0 aliphatic rings. The summed E-state index contributed by atoms with van der Waals surface area (Å²) in [6, 6.07) is 10.2. The van der Waals surface area contributed by atoms with Gasteiger partial charge in [0.25, 0.3) is 0 Å². The van der Waals surface area contributed by atoms with Gasteiger partial charge in [0.2, 0.25) is 0 Å². The van der Waals surface area contributed by atoms with Crippen LogP contribution in [0.2, 0.25) is 0 Å². The van der Waals surface area contributed by atoms with Crippen molar-refractivity contribution in [2.75, 3.05) is 7.11 Å². The van der Waals surface area contributed by atoms with Crippen molar-refractivity contribution in [3.8, 4) is 27.6 Å². The molecule has 0 fully saturated rings. The predicted molar refractivity (Wildman–Crippen MR) is 92.7 cm³/mol. The molecule has 1 aromatic carbocycles. The lowest BCUT2D eigenvalue weighted by Crippen LogP contribution is -1.98. The number of aromatic nitrogens is 2. The Bertz CT molecular complexity index is 801. The van der Waals surface area contributed by atoms with Gasteiger partial charge in [-0.05, 0) is 39.0 Å². The third kappa shape index (κ3) is 2.44. The molecule has 22 heavy (non-hydrogen) atoms. The van der Waals surface area contributed by atoms with Crippen LogP contribution in [-0.2, 0) is 6.54 Å². The van der Waals surface area contributed by atoms with E-state index in [-0.39, 0.29) is 0 Å². The Morgan fingerprint density at radius 2 is 1.95 bits per heavy atom. The Morgan fingerprint density at radius 1 is 1.18 bits per heavy atom. The molecular weight excluding hydrogens is 292 g/mol. The fraction of sp³-hybridized carbons (Fsp3) is 0.278. The van der Waals surface area contributed by atoms with Crippen LogP contribution >= 0.6 is 11.3 Å². The molecule has 0 aliphatic carbocycles. The number of hydrogen-bond donors (Lipinski definition) is 0. The Hall–Kier alpha value is -2.07. The highest BCUT2D eigenvalue weighted by molar-refractivity contribution is 7.13. The van der Waals surface area contributed by atoms with Crippen LogP contribution in [0, 0.1) is 13.8 Å². The van der Waals surface area contributed by atoms with Crippen molar-refractivity contribution in [2.45, 2.75) is 27.3 Å². The summed E-state index contributed by atoms with van der Waals surface area (Å²) in [6.07, 6.45) is 0. The summed E-state index contributed by atoms with van der Waals surface area (Å²) in [4.78, 5) is 4.83. The highest BCUT2D eigenvalue weighted by Crippen LogP contribution is 2.35. The minimum absolute atomic E-state index is 0.863. The molecule has 0 saturated carbocycles. The fourth-order valence-corrected chi connectivity index (χ4v) is 3.74. The summed E-state index contributed by atoms with van der Waals surface area (Å²) < 4.78 is 7.76. The second kappa shape index (κ2) is 5.97. The van der Waals surface area contributed by atoms with Gasteiger partial charge in [-0.1, -0.05) is 12.1 Å². The van der Waals surface area contributed by atoms with Gasteiger partial charge >= 0.3 is 0 Å². The molecule has 114 valence electrons. The van der Waals surface area contributed by atoms with Crippen molar-refractivity contribution >= 4 is 11.3 Å². The van der Waals surface area contributed by atoms with Gasteiger partial charge in [-0.3, -0.25) is 0 Å². The number of nitrogens with zero attached hydrogens (tertiary/aromatic N) is 2. The summed E-state index contributed by atoms with van der Waals surface area (Å²) >= 11 is 1.66. The molecule has 0 N–H and O–H groups in total. The molecule has 4 heteroatoms. The van der Waals surface area contributed by atoms with Gasteiger partial charge in [0.05, 0.1) is 18.4 Å². The zero-order valence-corrected chi connectivity index (χ0v) is 14.2. The van der Waals surface area contributed by atoms with E-state index in [0.717, 1.165) is 28.6 Å². The third-order valence-corrected chi connectivity index (χ3v) is 4.88. The SMILES string of the molecule is CCn1c(C)cc(-c2csc(-c3ccccc3OC)n2)c1C. The number of methoxy groups -OCH3 is 1. The Labute approximate surface area is 135 Å². The van der Waals surface area contributed by atoms with E-state index in [0.29, 0.717) is 0 Å². The Balaban J connectivity index is 2.05. The van der Waals surface area contributed by atoms with Gasteiger partial charge in [0.15, 0.2) is 0 Å². The molecular formula is C18H20N2OS. The summed E-state index contributed by atoms with van der Waals surface area (Å²) in [5.74, 6) is 0.863. The first-order chi connectivity index (χ1) is 10.7. The van der Waals surface area contributed by atoms with Crippen molar-refractivity contribution in [2.24, 2.45) is 0 Å². The lowest BCUT2D eigenvalue weighted by Gasteiger charge is -2.05. The van der Waals surface area contributed by atoms with Crippen LogP contribution in [0.5, 0.6) is 5.75 Å². The molecule has 0 aliphatic heterocycles. The van der Waals surface area contributed by atoms with Gasteiger partial charge in [0.1, 0.15) is 10.8 Å². The molecule has 2 heterocycles. The largest absolute Gasteiger partial charge is 0.496 e. The number of benzene rings is 1. The molecule has 3 aromatic rings. The molecule has 0 saturated heterocycles. The van der Waals surface area contributed by atoms with E-state index in [1.807, 2.05) is 18.2 Å². The molecule has 0 radical (unpaired) electrons. The van der Waals surface area contributed by atoms with E-state index in [1.165, 1.54) is 17.0 Å². The van der Waals surface area contributed by atoms with Crippen molar-refractivity contribution in [1.82, 2.24) is 9.55 Å². The van der Waals surface area contributed by atoms with E-state index in [1.54, 1.807) is 18.4 Å². The number of rotatable bonds is 4. The maximum Gasteiger partial charge on any atom is 0.129 e. The second-order valence-corrected chi connectivity index (χ2v) is 6.13. The lowest BCUT2D eigenvalue weighted by molar-refractivity contribution is 0.416. The van der Waals surface area contributed by atoms with Gasteiger partial charge in [-0.25, -0.2) is 4.98 Å². The molecule has 0 amide bonds. The number of para-hydroxylation sites is 1. The van der Waals surface area contributed by atoms with E-state index < -0.39 is 0 Å². The fourth-order valence-electron chi connectivity index (χ4n) is 2.89. The number of ether oxygens (including phenoxy) is 1. The summed E-state index contributed by atoms with van der Waals surface area (Å²) in [6.45, 7) is 7.47. The number of thiazole rings is 1. The minimum atomic E-state index is 0.863. The standard InChI is InChI=1S/C18H20N2OS/c1-5-20-12(2)10-15(13(20)3)16-11-22-18(19-16)14-8-6-7-9-17(14)21-4/h6-11H,5H2,1-4H3. The van der Waals surface area contributed by atoms with E-state index in [4.69, 9.17) is 9.72 Å². The van der Waals surface area contributed by atoms with Crippen LogP contribution in [0.15, 0.2) is 35.7 Å². The summed E-state index contributed by atoms with van der Waals surface area (Å²) in [5, 5.41) is 3.12. The smallest absolute Gasteiger partial charge is 0.129 e. The summed E-state index contributed by atoms with van der Waals surface area (Å²) in [5.41, 5.74) is 5.86. The molecule has 0 spiro atoms. The van der Waals surface area contributed by atoms with E-state index >= 15 is 0 Å². The number of hydrogen-bond acceptors (Lipinski definition) is 3. The van der Waals surface area contributed by atoms with E-state index in [2.05, 4.69) is 42.9 Å². The van der Waals surface area contributed by atoms with Crippen LogP contribution in [0.4, 0.5) is 0 Å². The zero-order chi connectivity index (χ0) is 15.7. The Morgan fingerprint density at radius 3 is 2.64 bits per heavy atom. The second-order valence-electron chi connectivity index (χ2n) is 5.27. The topological polar surface area (TPSA) is 27.1 Å². The van der Waals surface area contributed by atoms with Gasteiger partial charge in [0, 0.05) is 28.9 Å². The maximum absolute atomic E-state index is 5.44. The van der Waals surface area contributed by atoms with Crippen molar-refractivity contribution in [3.63, 3.8) is 0 Å². The average molecular weight is 312 g/mol. The molecule has 2 aromatic heterocycles. The van der Waals surface area contributed by atoms with E-state index in [9.17, 15) is 0 Å². The van der Waals surface area contributed by atoms with Crippen LogP contribution in [0.25, 0.3) is 21.8 Å². The van der Waals surface area contributed by atoms with Crippen LogP contribution in [-0.4, -0.2) is 16.7 Å². The Kier molecular flexibility index (Phi) is 4.03. The normalized spacial score (nSPS) is 10.9. The predicted octanol–water partition coefficient (Wildman–Crippen LogP) is 4.92. The highest BCUT2D eigenvalue weighted by atomic mass is 32.1. The van der Waals surface area contributed by atoms with Crippen molar-refractivity contribution in [3.05, 3.63) is 47.1 Å². The average Bonchev–Trinajstić information content (AvgIpc) is 3.12. The van der Waals surface area contributed by atoms with Crippen molar-refractivity contribution in [1.29, 1.82) is 0 Å². The summed E-state index contributed by atoms with van der Waals surface area (Å²) in [7, 11) is 1.70. The van der Waals surface area contributed by atoms with Crippen LogP contribution < -0.4 is 4.74 Å². The molecule has 0 unspecified atom stereocenters. The molecule has 0 bridgehead atoms. The maximum atomic E-state index is 5.44. The number of aryl methyl sites for hydroxylation is 1. The monoisotopic (exact) mass is 312 g/mol. The molecule has 0 atom stereocenters. The lowest BCUT2D eigenvalue weighted by atomic mass is 10.2. The third-order valence-electron chi connectivity index (χ3n) is 4.01. The minimum Gasteiger partial charge on any atom is -0.496 e. The highest BCUT2D eigenvalue weighted by Gasteiger charge is 2.15. The van der Waals surface area contributed by atoms with Gasteiger partial charge in [-0.2, -0.15) is 0 Å². The first kappa shape index (κ1) is 14.9. The van der Waals surface area contributed by atoms with Crippen LogP contribution in [0.3, 0.4) is 0 Å². The van der Waals surface area contributed by atoms with Gasteiger partial charge < -0.3 is 9.30 Å².